The predicted molar refractivity (Wildman–Crippen MR) is 108 cm³/mol. The molecule has 3 rings (SSSR count). The lowest BCUT2D eigenvalue weighted by atomic mass is 10.1. The quantitative estimate of drug-likeness (QED) is 0.631. The van der Waals surface area contributed by atoms with Gasteiger partial charge in [0, 0.05) is 36.3 Å². The number of hydrogen-bond donors (Lipinski definition) is 0. The first kappa shape index (κ1) is 21.9. The van der Waals surface area contributed by atoms with E-state index in [0.29, 0.717) is 13.1 Å². The summed E-state index contributed by atoms with van der Waals surface area (Å²) in [6.07, 6.45) is -4.99. The molecule has 1 aliphatic heterocycles. The fourth-order valence-corrected chi connectivity index (χ4v) is 5.35. The normalized spacial score (nSPS) is 16.1. The summed E-state index contributed by atoms with van der Waals surface area (Å²) in [4.78, 5) is 1.60. The van der Waals surface area contributed by atoms with Crippen LogP contribution in [0.5, 0.6) is 5.75 Å². The van der Waals surface area contributed by atoms with E-state index in [1.165, 1.54) is 10.4 Å². The van der Waals surface area contributed by atoms with Crippen molar-refractivity contribution in [1.29, 1.82) is 0 Å². The summed E-state index contributed by atoms with van der Waals surface area (Å²) in [6.45, 7) is 5.20. The Balaban J connectivity index is 1.84. The zero-order valence-electron chi connectivity index (χ0n) is 15.8. The molecule has 0 unspecified atom stereocenters. The molecule has 158 valence electrons. The van der Waals surface area contributed by atoms with Crippen molar-refractivity contribution in [3.63, 3.8) is 0 Å². The highest BCUT2D eigenvalue weighted by Gasteiger charge is 2.37. The summed E-state index contributed by atoms with van der Waals surface area (Å²) < 4.78 is 69.7. The van der Waals surface area contributed by atoms with Gasteiger partial charge in [0.05, 0.1) is 0 Å². The molecular formula is C19H20BrF3N2O3S. The van der Waals surface area contributed by atoms with Crippen LogP contribution < -0.4 is 9.64 Å². The van der Waals surface area contributed by atoms with Crippen LogP contribution in [0.25, 0.3) is 0 Å². The van der Waals surface area contributed by atoms with Crippen molar-refractivity contribution in [3.05, 3.63) is 52.0 Å². The van der Waals surface area contributed by atoms with Crippen LogP contribution >= 0.6 is 15.9 Å². The number of sulfonamides is 1. The Morgan fingerprint density at radius 2 is 1.59 bits per heavy atom. The summed E-state index contributed by atoms with van der Waals surface area (Å²) in [5.41, 5.74) is 3.25. The van der Waals surface area contributed by atoms with Crippen LogP contribution in [0.1, 0.15) is 11.1 Å². The van der Waals surface area contributed by atoms with Gasteiger partial charge in [-0.2, -0.15) is 4.31 Å². The van der Waals surface area contributed by atoms with E-state index >= 15 is 0 Å². The Labute approximate surface area is 176 Å². The van der Waals surface area contributed by atoms with Crippen molar-refractivity contribution < 1.29 is 26.3 Å². The van der Waals surface area contributed by atoms with Crippen molar-refractivity contribution in [2.24, 2.45) is 0 Å². The SMILES string of the molecule is Cc1cccc(C)c1N1CCN(S(=O)(=O)c2ccc(Br)cc2OC(F)(F)F)CC1. The summed E-state index contributed by atoms with van der Waals surface area (Å²) in [7, 11) is -4.15. The molecule has 1 fully saturated rings. The number of ether oxygens (including phenoxy) is 1. The summed E-state index contributed by atoms with van der Waals surface area (Å²) in [5, 5.41) is 0. The van der Waals surface area contributed by atoms with Gasteiger partial charge in [0.15, 0.2) is 5.75 Å². The number of rotatable bonds is 4. The third-order valence-corrected chi connectivity index (χ3v) is 7.17. The van der Waals surface area contributed by atoms with Gasteiger partial charge in [0.25, 0.3) is 0 Å². The fraction of sp³-hybridized carbons (Fsp3) is 0.368. The molecule has 0 aromatic heterocycles. The maximum atomic E-state index is 13.0. The number of alkyl halides is 3. The molecule has 0 atom stereocenters. The van der Waals surface area contributed by atoms with E-state index in [1.807, 2.05) is 32.0 Å². The molecule has 1 aliphatic rings. The first-order chi connectivity index (χ1) is 13.5. The molecule has 29 heavy (non-hydrogen) atoms. The number of piperazine rings is 1. The Morgan fingerprint density at radius 3 is 2.14 bits per heavy atom. The minimum absolute atomic E-state index is 0.164. The van der Waals surface area contributed by atoms with Gasteiger partial charge in [-0.05, 0) is 43.2 Å². The molecule has 5 nitrogen and oxygen atoms in total. The predicted octanol–water partition coefficient (Wildman–Crippen LogP) is 4.48. The molecular weight excluding hydrogens is 473 g/mol. The smallest absolute Gasteiger partial charge is 0.404 e. The number of para-hydroxylation sites is 1. The van der Waals surface area contributed by atoms with Crippen LogP contribution in [0, 0.1) is 13.8 Å². The third-order valence-electron chi connectivity index (χ3n) is 4.74. The largest absolute Gasteiger partial charge is 0.573 e. The monoisotopic (exact) mass is 492 g/mol. The van der Waals surface area contributed by atoms with Gasteiger partial charge >= 0.3 is 6.36 Å². The molecule has 0 amide bonds. The van der Waals surface area contributed by atoms with Crippen molar-refractivity contribution in [1.82, 2.24) is 4.31 Å². The van der Waals surface area contributed by atoms with Gasteiger partial charge in [0.2, 0.25) is 10.0 Å². The third kappa shape index (κ3) is 4.87. The highest BCUT2D eigenvalue weighted by Crippen LogP contribution is 2.34. The average molecular weight is 493 g/mol. The first-order valence-corrected chi connectivity index (χ1v) is 11.1. The van der Waals surface area contributed by atoms with Crippen LogP contribution in [0.3, 0.4) is 0 Å². The van der Waals surface area contributed by atoms with Gasteiger partial charge < -0.3 is 9.64 Å². The van der Waals surface area contributed by atoms with E-state index in [-0.39, 0.29) is 17.6 Å². The van der Waals surface area contributed by atoms with Crippen LogP contribution in [0.15, 0.2) is 45.8 Å². The van der Waals surface area contributed by atoms with Crippen molar-refractivity contribution in [2.45, 2.75) is 25.1 Å². The van der Waals surface area contributed by atoms with Gasteiger partial charge in [-0.25, -0.2) is 8.42 Å². The Kier molecular flexibility index (Phi) is 6.16. The highest BCUT2D eigenvalue weighted by atomic mass is 79.9. The lowest BCUT2D eigenvalue weighted by Gasteiger charge is -2.37. The molecule has 1 saturated heterocycles. The van der Waals surface area contributed by atoms with Crippen molar-refractivity contribution >= 4 is 31.6 Å². The lowest BCUT2D eigenvalue weighted by Crippen LogP contribution is -2.49. The molecule has 2 aromatic carbocycles. The van der Waals surface area contributed by atoms with E-state index in [2.05, 4.69) is 25.6 Å². The minimum Gasteiger partial charge on any atom is -0.404 e. The maximum absolute atomic E-state index is 13.0. The molecule has 10 heteroatoms. The molecule has 2 aromatic rings. The number of halogens is 4. The van der Waals surface area contributed by atoms with E-state index < -0.39 is 27.0 Å². The van der Waals surface area contributed by atoms with Gasteiger partial charge in [-0.3, -0.25) is 0 Å². The van der Waals surface area contributed by atoms with Crippen molar-refractivity contribution in [3.8, 4) is 5.75 Å². The molecule has 0 saturated carbocycles. The first-order valence-electron chi connectivity index (χ1n) is 8.85. The summed E-state index contributed by atoms with van der Waals surface area (Å²) in [6, 6.07) is 9.46. The number of aryl methyl sites for hydroxylation is 2. The standard InChI is InChI=1S/C19H20BrF3N2O3S/c1-13-4-3-5-14(2)18(13)24-8-10-25(11-9-24)29(26,27)17-7-6-15(20)12-16(17)28-19(21,22)23/h3-7,12H,8-11H2,1-2H3. The Morgan fingerprint density at radius 1 is 1.00 bits per heavy atom. The second kappa shape index (κ2) is 8.16. The van der Waals surface area contributed by atoms with Gasteiger partial charge in [0.1, 0.15) is 4.90 Å². The topological polar surface area (TPSA) is 49.9 Å². The molecule has 0 spiro atoms. The number of anilines is 1. The fourth-order valence-electron chi connectivity index (χ4n) is 3.50. The van der Waals surface area contributed by atoms with E-state index in [0.717, 1.165) is 28.9 Å². The highest BCUT2D eigenvalue weighted by molar-refractivity contribution is 9.10. The van der Waals surface area contributed by atoms with E-state index in [9.17, 15) is 21.6 Å². The summed E-state index contributed by atoms with van der Waals surface area (Å²) >= 11 is 3.05. The molecule has 0 radical (unpaired) electrons. The Bertz CT molecular complexity index is 984. The zero-order valence-corrected chi connectivity index (χ0v) is 18.2. The molecule has 1 heterocycles. The van der Waals surface area contributed by atoms with Crippen LogP contribution in [0.2, 0.25) is 0 Å². The van der Waals surface area contributed by atoms with Crippen LogP contribution in [-0.4, -0.2) is 45.3 Å². The Hall–Kier alpha value is -1.78. The van der Waals surface area contributed by atoms with Gasteiger partial charge in [-0.15, -0.1) is 13.2 Å². The average Bonchev–Trinajstić information content (AvgIpc) is 2.60. The second-order valence-corrected chi connectivity index (χ2v) is 9.59. The second-order valence-electron chi connectivity index (χ2n) is 6.77. The van der Waals surface area contributed by atoms with Crippen molar-refractivity contribution in [2.75, 3.05) is 31.1 Å². The van der Waals surface area contributed by atoms with Crippen LogP contribution in [0.4, 0.5) is 18.9 Å². The molecule has 0 bridgehead atoms. The molecule has 0 aliphatic carbocycles. The summed E-state index contributed by atoms with van der Waals surface area (Å²) in [5.74, 6) is -0.746. The van der Waals surface area contributed by atoms with E-state index in [1.54, 1.807) is 0 Å². The van der Waals surface area contributed by atoms with Gasteiger partial charge in [-0.1, -0.05) is 34.1 Å². The number of benzene rings is 2. The maximum Gasteiger partial charge on any atom is 0.573 e. The van der Waals surface area contributed by atoms with E-state index in [4.69, 9.17) is 0 Å². The lowest BCUT2D eigenvalue weighted by molar-refractivity contribution is -0.275. The number of nitrogens with zero attached hydrogens (tertiary/aromatic N) is 2. The molecule has 0 N–H and O–H groups in total. The van der Waals surface area contributed by atoms with Crippen LogP contribution in [-0.2, 0) is 10.0 Å². The zero-order chi connectivity index (χ0) is 21.4. The minimum atomic E-state index is -4.99. The number of hydrogen-bond acceptors (Lipinski definition) is 4.